The van der Waals surface area contributed by atoms with Crippen LogP contribution in [0, 0.1) is 0 Å². The Hall–Kier alpha value is -2.55. The van der Waals surface area contributed by atoms with Gasteiger partial charge in [-0.3, -0.25) is 9.36 Å². The normalized spacial score (nSPS) is 10.6. The van der Waals surface area contributed by atoms with Crippen LogP contribution < -0.4 is 15.6 Å². The van der Waals surface area contributed by atoms with Gasteiger partial charge in [-0.1, -0.05) is 36.2 Å². The molecule has 0 aliphatic rings. The highest BCUT2D eigenvalue weighted by Gasteiger charge is 2.16. The van der Waals surface area contributed by atoms with Gasteiger partial charge in [0.25, 0.3) is 5.56 Å². The molecule has 2 aromatic carbocycles. The third-order valence-electron chi connectivity index (χ3n) is 5.57. The lowest BCUT2D eigenvalue weighted by molar-refractivity contribution is 0.244. The van der Waals surface area contributed by atoms with Crippen LogP contribution in [-0.4, -0.2) is 46.2 Å². The molecule has 1 N–H and O–H groups in total. The zero-order chi connectivity index (χ0) is 24.2. The monoisotopic (exact) mass is 569 g/mol. The minimum Gasteiger partial charge on any atom is -0.492 e. The number of rotatable bonds is 8. The van der Waals surface area contributed by atoms with Crippen LogP contribution in [0.2, 0.25) is 10.0 Å². The number of likely N-dealkylation sites (N-methyl/N-ethyl adjacent to an activating group) is 1. The summed E-state index contributed by atoms with van der Waals surface area (Å²) in [6.07, 6.45) is 1.67. The molecule has 0 spiro atoms. The molecule has 0 bridgehead atoms. The highest BCUT2D eigenvalue weighted by atomic mass is 35.5. The van der Waals surface area contributed by atoms with E-state index in [0.717, 1.165) is 24.5 Å². The van der Waals surface area contributed by atoms with Crippen molar-refractivity contribution in [3.8, 4) is 16.9 Å². The van der Waals surface area contributed by atoms with Crippen molar-refractivity contribution < 1.29 is 4.74 Å². The third kappa shape index (κ3) is 6.60. The van der Waals surface area contributed by atoms with Crippen molar-refractivity contribution in [1.29, 1.82) is 0 Å². The number of anilines is 2. The lowest BCUT2D eigenvalue weighted by Gasteiger charge is -2.14. The van der Waals surface area contributed by atoms with E-state index in [9.17, 15) is 4.79 Å². The van der Waals surface area contributed by atoms with Crippen LogP contribution in [0.15, 0.2) is 59.5 Å². The second-order valence-electron chi connectivity index (χ2n) is 7.89. The van der Waals surface area contributed by atoms with Gasteiger partial charge in [-0.15, -0.1) is 24.8 Å². The van der Waals surface area contributed by atoms with E-state index < -0.39 is 0 Å². The number of hydrogen-bond donors (Lipinski definition) is 1. The molecule has 0 saturated carbocycles. The van der Waals surface area contributed by atoms with Gasteiger partial charge in [0, 0.05) is 36.4 Å². The fourth-order valence-corrected chi connectivity index (χ4v) is 4.08. The molecular formula is C25H27Cl4N5O2. The van der Waals surface area contributed by atoms with E-state index in [2.05, 4.69) is 34.2 Å². The van der Waals surface area contributed by atoms with Gasteiger partial charge in [-0.05, 0) is 56.1 Å². The van der Waals surface area contributed by atoms with E-state index >= 15 is 0 Å². The number of pyridine rings is 1. The molecule has 4 rings (SSSR count). The van der Waals surface area contributed by atoms with Crippen LogP contribution in [0.5, 0.6) is 5.75 Å². The molecule has 192 valence electrons. The van der Waals surface area contributed by atoms with Crippen molar-refractivity contribution in [3.05, 3.63) is 75.1 Å². The quantitative estimate of drug-likeness (QED) is 0.271. The van der Waals surface area contributed by atoms with Crippen LogP contribution in [0.3, 0.4) is 0 Å². The lowest BCUT2D eigenvalue weighted by Crippen LogP contribution is -2.23. The molecule has 7 nitrogen and oxygen atoms in total. The van der Waals surface area contributed by atoms with Gasteiger partial charge in [0.15, 0.2) is 0 Å². The molecule has 0 amide bonds. The van der Waals surface area contributed by atoms with Gasteiger partial charge in [0.2, 0.25) is 5.95 Å². The number of halogens is 4. The Labute approximate surface area is 232 Å². The summed E-state index contributed by atoms with van der Waals surface area (Å²) in [6, 6.07) is 14.4. The molecule has 0 fully saturated rings. The summed E-state index contributed by atoms with van der Waals surface area (Å²) in [4.78, 5) is 24.2. The van der Waals surface area contributed by atoms with Crippen LogP contribution in [0.25, 0.3) is 22.2 Å². The van der Waals surface area contributed by atoms with Crippen molar-refractivity contribution >= 4 is 70.7 Å². The van der Waals surface area contributed by atoms with E-state index in [1.54, 1.807) is 37.5 Å². The van der Waals surface area contributed by atoms with E-state index in [0.29, 0.717) is 44.8 Å². The number of benzene rings is 2. The lowest BCUT2D eigenvalue weighted by atomic mass is 10.1. The summed E-state index contributed by atoms with van der Waals surface area (Å²) >= 11 is 12.7. The zero-order valence-corrected chi connectivity index (χ0v) is 23.1. The molecule has 0 radical (unpaired) electrons. The topological polar surface area (TPSA) is 72.3 Å². The van der Waals surface area contributed by atoms with Gasteiger partial charge >= 0.3 is 0 Å². The van der Waals surface area contributed by atoms with Crippen LogP contribution >= 0.6 is 48.0 Å². The number of hydrogen-bond acceptors (Lipinski definition) is 6. The Balaban J connectivity index is 0.00000228. The molecule has 0 atom stereocenters. The predicted molar refractivity (Wildman–Crippen MR) is 153 cm³/mol. The number of nitrogens with zero attached hydrogens (tertiary/aromatic N) is 4. The number of ether oxygens (including phenoxy) is 1. The highest BCUT2D eigenvalue weighted by Crippen LogP contribution is 2.33. The standard InChI is InChI=1S/C25H25Cl2N5O2.2ClH/c1-4-31(2)12-13-34-18-10-8-17(9-11-18)29-25-28-15-16-14-19(24(33)32(3)23(16)30-25)22-20(26)6-5-7-21(22)27;;/h5-11,14-15H,4,12-13H2,1-3H3,(H,28,29,30);2*1H. The summed E-state index contributed by atoms with van der Waals surface area (Å²) < 4.78 is 7.25. The maximum Gasteiger partial charge on any atom is 0.259 e. The van der Waals surface area contributed by atoms with Gasteiger partial charge in [-0.25, -0.2) is 4.98 Å². The fourth-order valence-electron chi connectivity index (χ4n) is 3.48. The van der Waals surface area contributed by atoms with E-state index in [4.69, 9.17) is 27.9 Å². The molecule has 0 aliphatic carbocycles. The molecule has 11 heteroatoms. The van der Waals surface area contributed by atoms with E-state index in [1.165, 1.54) is 4.57 Å². The minimum absolute atomic E-state index is 0. The molecule has 2 heterocycles. The summed E-state index contributed by atoms with van der Waals surface area (Å²) in [6.45, 7) is 4.59. The number of aryl methyl sites for hydroxylation is 1. The fraction of sp³-hybridized carbons (Fsp3) is 0.240. The molecule has 0 aliphatic heterocycles. The first-order valence-corrected chi connectivity index (χ1v) is 11.6. The Bertz CT molecular complexity index is 1360. The van der Waals surface area contributed by atoms with Crippen LogP contribution in [0.1, 0.15) is 6.92 Å². The summed E-state index contributed by atoms with van der Waals surface area (Å²) in [7, 11) is 3.72. The Morgan fingerprint density at radius 2 is 1.75 bits per heavy atom. The second-order valence-corrected chi connectivity index (χ2v) is 8.70. The van der Waals surface area contributed by atoms with Gasteiger partial charge in [-0.2, -0.15) is 4.98 Å². The second kappa shape index (κ2) is 13.1. The Morgan fingerprint density at radius 1 is 1.08 bits per heavy atom. The number of nitrogens with one attached hydrogen (secondary N) is 1. The predicted octanol–water partition coefficient (Wildman–Crippen LogP) is 6.22. The molecular weight excluding hydrogens is 544 g/mol. The first-order chi connectivity index (χ1) is 16.4. The summed E-state index contributed by atoms with van der Waals surface area (Å²) in [5.74, 6) is 1.17. The first kappa shape index (κ1) is 29.7. The molecule has 0 unspecified atom stereocenters. The van der Waals surface area contributed by atoms with Crippen molar-refractivity contribution in [2.75, 3.05) is 32.1 Å². The van der Waals surface area contributed by atoms with Gasteiger partial charge < -0.3 is 15.0 Å². The van der Waals surface area contributed by atoms with Crippen molar-refractivity contribution in [2.24, 2.45) is 7.05 Å². The Kier molecular flexibility index (Phi) is 10.8. The smallest absolute Gasteiger partial charge is 0.259 e. The summed E-state index contributed by atoms with van der Waals surface area (Å²) in [5, 5.41) is 4.69. The number of fused-ring (bicyclic) bond motifs is 1. The first-order valence-electron chi connectivity index (χ1n) is 10.9. The van der Waals surface area contributed by atoms with Crippen molar-refractivity contribution in [2.45, 2.75) is 6.92 Å². The maximum atomic E-state index is 13.1. The van der Waals surface area contributed by atoms with Crippen LogP contribution in [0.4, 0.5) is 11.6 Å². The number of aromatic nitrogens is 3. The zero-order valence-electron chi connectivity index (χ0n) is 20.0. The molecule has 0 saturated heterocycles. The minimum atomic E-state index is -0.248. The average Bonchev–Trinajstić information content (AvgIpc) is 2.83. The van der Waals surface area contributed by atoms with E-state index in [-0.39, 0.29) is 30.4 Å². The van der Waals surface area contributed by atoms with Crippen LogP contribution in [-0.2, 0) is 7.05 Å². The van der Waals surface area contributed by atoms with Crippen molar-refractivity contribution in [1.82, 2.24) is 19.4 Å². The Morgan fingerprint density at radius 3 is 2.39 bits per heavy atom. The highest BCUT2D eigenvalue weighted by molar-refractivity contribution is 6.39. The van der Waals surface area contributed by atoms with Gasteiger partial charge in [0.05, 0.1) is 15.6 Å². The van der Waals surface area contributed by atoms with Gasteiger partial charge in [0.1, 0.15) is 18.0 Å². The molecule has 2 aromatic heterocycles. The average molecular weight is 571 g/mol. The maximum absolute atomic E-state index is 13.1. The molecule has 36 heavy (non-hydrogen) atoms. The largest absolute Gasteiger partial charge is 0.492 e. The third-order valence-corrected chi connectivity index (χ3v) is 6.20. The summed E-state index contributed by atoms with van der Waals surface area (Å²) in [5.41, 5.74) is 1.95. The molecule has 4 aromatic rings. The van der Waals surface area contributed by atoms with Crippen molar-refractivity contribution in [3.63, 3.8) is 0 Å². The van der Waals surface area contributed by atoms with E-state index in [1.807, 2.05) is 24.3 Å². The SMILES string of the molecule is CCN(C)CCOc1ccc(Nc2ncc3cc(-c4c(Cl)cccc4Cl)c(=O)n(C)c3n2)cc1.Cl.Cl.